The van der Waals surface area contributed by atoms with Crippen molar-refractivity contribution in [2.75, 3.05) is 5.75 Å². The maximum atomic E-state index is 12.8. The number of benzene rings is 2. The minimum absolute atomic E-state index is 0.177. The van der Waals surface area contributed by atoms with Crippen LogP contribution in [0.4, 0.5) is 0 Å². The third-order valence-electron chi connectivity index (χ3n) is 3.46. The first-order valence-corrected chi connectivity index (χ1v) is 12.2. The first kappa shape index (κ1) is 14.5. The molecular weight excluding hydrogens is 296 g/mol. The van der Waals surface area contributed by atoms with Crippen molar-refractivity contribution in [1.82, 2.24) is 0 Å². The summed E-state index contributed by atoms with van der Waals surface area (Å²) in [4.78, 5) is 0.292. The van der Waals surface area contributed by atoms with Crippen molar-refractivity contribution >= 4 is 17.9 Å². The number of hydrogen-bond acceptors (Lipinski definition) is 2. The van der Waals surface area contributed by atoms with Gasteiger partial charge in [0.15, 0.2) is 9.84 Å². The number of hydrogen-bond donors (Lipinski definition) is 0. The highest BCUT2D eigenvalue weighted by molar-refractivity contribution is 7.91. The molecule has 0 aromatic heterocycles. The minimum Gasteiger partial charge on any atom is -0.224 e. The van der Waals surface area contributed by atoms with Crippen LogP contribution in [0.25, 0.3) is 0 Å². The lowest BCUT2D eigenvalue weighted by Gasteiger charge is -2.29. The molecule has 0 amide bonds. The molecule has 2 nitrogen and oxygen atoms in total. The minimum atomic E-state index is -3.50. The Morgan fingerprint density at radius 1 is 0.952 bits per heavy atom. The van der Waals surface area contributed by atoms with Crippen LogP contribution in [0.3, 0.4) is 0 Å². The molecule has 0 radical (unpaired) electrons. The van der Waals surface area contributed by atoms with Crippen molar-refractivity contribution in [1.29, 1.82) is 0 Å². The molecule has 0 aliphatic rings. The van der Waals surface area contributed by atoms with Gasteiger partial charge in [0, 0.05) is 1.37 Å². The predicted molar refractivity (Wildman–Crippen MR) is 91.0 cm³/mol. The Morgan fingerprint density at radius 3 is 1.90 bits per heavy atom. The van der Waals surface area contributed by atoms with Crippen LogP contribution in [0.15, 0.2) is 65.6 Å². The number of rotatable bonds is 5. The quantitative estimate of drug-likeness (QED) is 0.777. The highest BCUT2D eigenvalue weighted by Gasteiger charge is 2.32. The van der Waals surface area contributed by atoms with E-state index in [0.717, 1.165) is 5.56 Å². The van der Waals surface area contributed by atoms with Crippen LogP contribution in [0.5, 0.6) is 0 Å². The average molecular weight is 320 g/mol. The smallest absolute Gasteiger partial charge is 0.178 e. The van der Waals surface area contributed by atoms with E-state index in [2.05, 4.69) is 0 Å². The Morgan fingerprint density at radius 2 is 1.43 bits per heavy atom. The summed E-state index contributed by atoms with van der Waals surface area (Å²) in [6.07, 6.45) is 0. The SMILES string of the molecule is [2H]C(CS(=O)(=O)c1ccccc1)(c1ccccc1)[Si](C)(C)C. The lowest BCUT2D eigenvalue weighted by Crippen LogP contribution is -2.36. The Labute approximate surface area is 130 Å². The van der Waals surface area contributed by atoms with E-state index in [4.69, 9.17) is 1.37 Å². The highest BCUT2D eigenvalue weighted by atomic mass is 32.2. The van der Waals surface area contributed by atoms with Crippen molar-refractivity contribution in [2.24, 2.45) is 0 Å². The largest absolute Gasteiger partial charge is 0.224 e. The van der Waals surface area contributed by atoms with Gasteiger partial charge >= 0.3 is 0 Å². The molecule has 1 unspecified atom stereocenters. The summed E-state index contributed by atoms with van der Waals surface area (Å²) in [5.74, 6) is -0.177. The normalized spacial score (nSPS) is 16.0. The van der Waals surface area contributed by atoms with Gasteiger partial charge in [-0.2, -0.15) is 0 Å². The van der Waals surface area contributed by atoms with Gasteiger partial charge in [0.1, 0.15) is 0 Å². The Bertz CT molecular complexity index is 724. The van der Waals surface area contributed by atoms with Crippen LogP contribution in [0.1, 0.15) is 12.5 Å². The van der Waals surface area contributed by atoms with Crippen LogP contribution >= 0.6 is 0 Å². The van der Waals surface area contributed by atoms with E-state index in [1.54, 1.807) is 30.3 Å². The molecule has 4 heteroatoms. The van der Waals surface area contributed by atoms with Crippen LogP contribution < -0.4 is 0 Å². The molecule has 0 heterocycles. The van der Waals surface area contributed by atoms with E-state index in [1.165, 1.54) is 0 Å². The Balaban J connectivity index is 2.50. The molecule has 0 saturated heterocycles. The average Bonchev–Trinajstić information content (AvgIpc) is 2.47. The molecule has 0 saturated carbocycles. The third kappa shape index (κ3) is 4.05. The number of sulfone groups is 1. The molecule has 2 aromatic carbocycles. The van der Waals surface area contributed by atoms with Gasteiger partial charge in [0.05, 0.1) is 18.7 Å². The first-order chi connectivity index (χ1) is 10.2. The zero-order chi connectivity index (χ0) is 16.4. The molecule has 0 spiro atoms. The summed E-state index contributed by atoms with van der Waals surface area (Å²) in [6, 6.07) is 17.8. The molecule has 2 rings (SSSR count). The molecule has 1 atom stereocenters. The van der Waals surface area contributed by atoms with E-state index in [1.807, 2.05) is 50.0 Å². The monoisotopic (exact) mass is 319 g/mol. The van der Waals surface area contributed by atoms with E-state index >= 15 is 0 Å². The maximum absolute atomic E-state index is 12.8. The highest BCUT2D eigenvalue weighted by Crippen LogP contribution is 2.30. The van der Waals surface area contributed by atoms with Crippen LogP contribution in [0, 0.1) is 0 Å². The third-order valence-corrected chi connectivity index (χ3v) is 7.66. The van der Waals surface area contributed by atoms with Gasteiger partial charge in [0.2, 0.25) is 0 Å². The van der Waals surface area contributed by atoms with E-state index in [-0.39, 0.29) is 5.75 Å². The summed E-state index contributed by atoms with van der Waals surface area (Å²) in [5, 5.41) is 0. The molecule has 21 heavy (non-hydrogen) atoms. The summed E-state index contributed by atoms with van der Waals surface area (Å²) in [5.41, 5.74) is -0.295. The molecule has 0 aliphatic carbocycles. The summed E-state index contributed by atoms with van der Waals surface area (Å²) >= 11 is 0. The van der Waals surface area contributed by atoms with Crippen LogP contribution in [-0.2, 0) is 9.84 Å². The van der Waals surface area contributed by atoms with Crippen LogP contribution in [-0.4, -0.2) is 22.2 Å². The second-order valence-corrected chi connectivity index (χ2v) is 13.3. The van der Waals surface area contributed by atoms with Crippen molar-refractivity contribution in [3.05, 3.63) is 66.2 Å². The van der Waals surface area contributed by atoms with Gasteiger partial charge in [-0.25, -0.2) is 8.42 Å². The van der Waals surface area contributed by atoms with Gasteiger partial charge in [0.25, 0.3) is 0 Å². The lowest BCUT2D eigenvalue weighted by atomic mass is 10.2. The second-order valence-electron chi connectivity index (χ2n) is 6.17. The topological polar surface area (TPSA) is 34.1 Å². The predicted octanol–water partition coefficient (Wildman–Crippen LogP) is 4.12. The van der Waals surface area contributed by atoms with Gasteiger partial charge in [-0.05, 0) is 23.2 Å². The Hall–Kier alpha value is -1.39. The zero-order valence-electron chi connectivity index (χ0n) is 13.7. The molecule has 0 bridgehead atoms. The summed E-state index contributed by atoms with van der Waals surface area (Å²) in [7, 11) is -5.61. The second kappa shape index (κ2) is 6.16. The fourth-order valence-corrected chi connectivity index (χ4v) is 6.89. The first-order valence-electron chi connectivity index (χ1n) is 7.50. The van der Waals surface area contributed by atoms with Crippen LogP contribution in [0.2, 0.25) is 19.6 Å². The van der Waals surface area contributed by atoms with Crippen molar-refractivity contribution < 1.29 is 9.79 Å². The van der Waals surface area contributed by atoms with E-state index in [0.29, 0.717) is 4.90 Å². The van der Waals surface area contributed by atoms with Crippen molar-refractivity contribution in [3.63, 3.8) is 0 Å². The Kier molecular flexibility index (Phi) is 4.26. The maximum Gasteiger partial charge on any atom is 0.178 e. The molecule has 0 aliphatic heterocycles. The molecular formula is C17H22O2SSi. The molecule has 0 fully saturated rings. The fraction of sp³-hybridized carbons (Fsp3) is 0.294. The van der Waals surface area contributed by atoms with Gasteiger partial charge in [-0.3, -0.25) is 0 Å². The molecule has 0 N–H and O–H groups in total. The van der Waals surface area contributed by atoms with Gasteiger partial charge in [-0.1, -0.05) is 68.2 Å². The zero-order valence-corrected chi connectivity index (χ0v) is 14.5. The van der Waals surface area contributed by atoms with E-state index in [9.17, 15) is 8.42 Å². The summed E-state index contributed by atoms with van der Waals surface area (Å²) < 4.78 is 34.5. The van der Waals surface area contributed by atoms with E-state index < -0.39 is 23.4 Å². The standard InChI is InChI=1S/C17H22O2SSi/c1-21(2,3)17(15-10-6-4-7-11-15)14-20(18,19)16-12-8-5-9-13-16/h4-13,17H,14H2,1-3H3/i17D. The van der Waals surface area contributed by atoms with Gasteiger partial charge in [-0.15, -0.1) is 0 Å². The van der Waals surface area contributed by atoms with Crippen molar-refractivity contribution in [3.8, 4) is 0 Å². The lowest BCUT2D eigenvalue weighted by molar-refractivity contribution is 0.594. The summed E-state index contributed by atoms with van der Waals surface area (Å²) in [6.45, 7) is 6.15. The fourth-order valence-electron chi connectivity index (χ4n) is 2.27. The van der Waals surface area contributed by atoms with Crippen molar-refractivity contribution in [2.45, 2.75) is 30.1 Å². The van der Waals surface area contributed by atoms with Gasteiger partial charge < -0.3 is 0 Å². The molecule has 112 valence electrons. The molecule has 2 aromatic rings.